The molecule has 0 bridgehead atoms. The number of rotatable bonds is 5. The molecule has 0 aromatic heterocycles. The molecule has 1 aromatic rings. The van der Waals surface area contributed by atoms with E-state index in [1.807, 2.05) is 18.2 Å². The van der Waals surface area contributed by atoms with Gasteiger partial charge in [-0.1, -0.05) is 70.9 Å². The van der Waals surface area contributed by atoms with Crippen LogP contribution in [0.2, 0.25) is 0 Å². The summed E-state index contributed by atoms with van der Waals surface area (Å²) < 4.78 is 0. The van der Waals surface area contributed by atoms with Gasteiger partial charge < -0.3 is 5.32 Å². The molecule has 1 aliphatic rings. The molecule has 116 valence electrons. The van der Waals surface area contributed by atoms with Gasteiger partial charge in [0.05, 0.1) is 5.41 Å². The lowest BCUT2D eigenvalue weighted by Crippen LogP contribution is -2.50. The number of amides is 1. The van der Waals surface area contributed by atoms with E-state index in [9.17, 15) is 4.79 Å². The van der Waals surface area contributed by atoms with Crippen molar-refractivity contribution in [1.82, 2.24) is 5.32 Å². The summed E-state index contributed by atoms with van der Waals surface area (Å²) in [7, 11) is 0. The summed E-state index contributed by atoms with van der Waals surface area (Å²) in [5, 5.41) is 3.36. The van der Waals surface area contributed by atoms with E-state index in [-0.39, 0.29) is 17.4 Å². The number of hydrogen-bond acceptors (Lipinski definition) is 1. The number of hydrogen-bond donors (Lipinski definition) is 1. The Kier molecular flexibility index (Phi) is 5.08. The average molecular weight is 287 g/mol. The monoisotopic (exact) mass is 287 g/mol. The molecule has 1 saturated carbocycles. The highest BCUT2D eigenvalue weighted by Gasteiger charge is 2.43. The van der Waals surface area contributed by atoms with Gasteiger partial charge in [0, 0.05) is 6.04 Å². The fraction of sp³-hybridized carbons (Fsp3) is 0.632. The lowest BCUT2D eigenvalue weighted by atomic mass is 9.77. The minimum Gasteiger partial charge on any atom is -0.352 e. The first-order valence-electron chi connectivity index (χ1n) is 8.34. The third kappa shape index (κ3) is 3.30. The van der Waals surface area contributed by atoms with Gasteiger partial charge in [-0.3, -0.25) is 4.79 Å². The van der Waals surface area contributed by atoms with Crippen LogP contribution >= 0.6 is 0 Å². The molecule has 1 N–H and O–H groups in total. The maximum absolute atomic E-state index is 13.1. The molecule has 0 atom stereocenters. The predicted molar refractivity (Wildman–Crippen MR) is 88.2 cm³/mol. The van der Waals surface area contributed by atoms with Crippen molar-refractivity contribution in [2.24, 2.45) is 11.8 Å². The Morgan fingerprint density at radius 3 is 2.00 bits per heavy atom. The van der Waals surface area contributed by atoms with Gasteiger partial charge in [-0.05, 0) is 30.2 Å². The van der Waals surface area contributed by atoms with Crippen molar-refractivity contribution in [2.75, 3.05) is 0 Å². The second-order valence-electron chi connectivity index (χ2n) is 7.14. The Balaban J connectivity index is 2.25. The second kappa shape index (κ2) is 6.64. The van der Waals surface area contributed by atoms with Crippen molar-refractivity contribution in [3.8, 4) is 0 Å². The molecule has 1 aliphatic carbocycles. The third-order valence-electron chi connectivity index (χ3n) is 4.95. The van der Waals surface area contributed by atoms with Crippen LogP contribution in [0.3, 0.4) is 0 Å². The zero-order chi connectivity index (χ0) is 15.5. The molecule has 0 unspecified atom stereocenters. The summed E-state index contributed by atoms with van der Waals surface area (Å²) in [5.41, 5.74) is 0.884. The lowest BCUT2D eigenvalue weighted by Gasteiger charge is -2.33. The minimum absolute atomic E-state index is 0.235. The van der Waals surface area contributed by atoms with E-state index in [1.165, 1.54) is 5.56 Å². The van der Waals surface area contributed by atoms with Crippen LogP contribution in [0.15, 0.2) is 30.3 Å². The van der Waals surface area contributed by atoms with Crippen LogP contribution in [0.4, 0.5) is 0 Å². The first kappa shape index (κ1) is 16.1. The summed E-state index contributed by atoms with van der Waals surface area (Å²) in [6, 6.07) is 10.6. The maximum Gasteiger partial charge on any atom is 0.230 e. The molecule has 0 aliphatic heterocycles. The topological polar surface area (TPSA) is 29.1 Å². The van der Waals surface area contributed by atoms with Crippen molar-refractivity contribution in [2.45, 2.75) is 64.8 Å². The Labute approximate surface area is 129 Å². The molecule has 2 nitrogen and oxygen atoms in total. The largest absolute Gasteiger partial charge is 0.352 e. The Morgan fingerprint density at radius 2 is 1.52 bits per heavy atom. The van der Waals surface area contributed by atoms with Crippen LogP contribution in [0.25, 0.3) is 0 Å². The molecule has 2 rings (SSSR count). The van der Waals surface area contributed by atoms with E-state index in [4.69, 9.17) is 0 Å². The molecule has 0 heterocycles. The van der Waals surface area contributed by atoms with E-state index < -0.39 is 0 Å². The number of nitrogens with one attached hydrogen (secondary N) is 1. The molecule has 1 aromatic carbocycles. The van der Waals surface area contributed by atoms with Gasteiger partial charge in [0.2, 0.25) is 5.91 Å². The lowest BCUT2D eigenvalue weighted by molar-refractivity contribution is -0.128. The molecule has 0 spiro atoms. The molecular weight excluding hydrogens is 258 g/mol. The highest BCUT2D eigenvalue weighted by molar-refractivity contribution is 5.88. The quantitative estimate of drug-likeness (QED) is 0.859. The maximum atomic E-state index is 13.1. The third-order valence-corrected chi connectivity index (χ3v) is 4.95. The van der Waals surface area contributed by atoms with Gasteiger partial charge in [0.15, 0.2) is 0 Å². The molecular formula is C19H29NO. The van der Waals surface area contributed by atoms with Gasteiger partial charge in [-0.15, -0.1) is 0 Å². The zero-order valence-electron chi connectivity index (χ0n) is 13.9. The molecule has 1 amide bonds. The second-order valence-corrected chi connectivity index (χ2v) is 7.14. The molecule has 1 fully saturated rings. The van der Waals surface area contributed by atoms with E-state index in [1.54, 1.807) is 0 Å². The number of carbonyl (C=O) groups is 1. The smallest absolute Gasteiger partial charge is 0.230 e. The van der Waals surface area contributed by atoms with Gasteiger partial charge >= 0.3 is 0 Å². The van der Waals surface area contributed by atoms with Crippen molar-refractivity contribution in [3.05, 3.63) is 35.9 Å². The van der Waals surface area contributed by atoms with Crippen LogP contribution in [-0.2, 0) is 10.2 Å². The van der Waals surface area contributed by atoms with Crippen molar-refractivity contribution >= 4 is 5.91 Å². The zero-order valence-corrected chi connectivity index (χ0v) is 13.9. The minimum atomic E-state index is -0.302. The van der Waals surface area contributed by atoms with E-state index in [2.05, 4.69) is 45.1 Å². The summed E-state index contributed by atoms with van der Waals surface area (Å²) in [6.45, 7) is 8.76. The van der Waals surface area contributed by atoms with Gasteiger partial charge in [-0.25, -0.2) is 0 Å². The van der Waals surface area contributed by atoms with Crippen LogP contribution in [-0.4, -0.2) is 11.9 Å². The molecule has 0 radical (unpaired) electrons. The molecule has 0 saturated heterocycles. The summed E-state index contributed by atoms with van der Waals surface area (Å²) >= 11 is 0. The highest BCUT2D eigenvalue weighted by Crippen LogP contribution is 2.41. The van der Waals surface area contributed by atoms with Gasteiger partial charge in [-0.2, -0.15) is 0 Å². The highest BCUT2D eigenvalue weighted by atomic mass is 16.2. The van der Waals surface area contributed by atoms with Crippen molar-refractivity contribution in [1.29, 1.82) is 0 Å². The van der Waals surface area contributed by atoms with Crippen molar-refractivity contribution in [3.63, 3.8) is 0 Å². The Hall–Kier alpha value is -1.31. The first-order chi connectivity index (χ1) is 9.97. The van der Waals surface area contributed by atoms with Crippen LogP contribution < -0.4 is 5.32 Å². The first-order valence-corrected chi connectivity index (χ1v) is 8.34. The number of benzene rings is 1. The standard InChI is InChI=1S/C19H29NO/c1-14(2)17(15(3)4)20-18(21)19(12-8-9-13-19)16-10-6-5-7-11-16/h5-7,10-11,14-15,17H,8-9,12-13H2,1-4H3,(H,20,21). The summed E-state index contributed by atoms with van der Waals surface area (Å²) in [6.07, 6.45) is 4.25. The van der Waals surface area contributed by atoms with Gasteiger partial charge in [0.1, 0.15) is 0 Å². The SMILES string of the molecule is CC(C)C(NC(=O)C1(c2ccccc2)CCCC1)C(C)C. The van der Waals surface area contributed by atoms with Gasteiger partial charge in [0.25, 0.3) is 0 Å². The summed E-state index contributed by atoms with van der Waals surface area (Å²) in [4.78, 5) is 13.1. The van der Waals surface area contributed by atoms with Crippen LogP contribution in [0, 0.1) is 11.8 Å². The Morgan fingerprint density at radius 1 is 1.00 bits per heavy atom. The fourth-order valence-electron chi connectivity index (χ4n) is 3.78. The van der Waals surface area contributed by atoms with E-state index >= 15 is 0 Å². The van der Waals surface area contributed by atoms with Crippen LogP contribution in [0.5, 0.6) is 0 Å². The molecule has 21 heavy (non-hydrogen) atoms. The molecule has 2 heteroatoms. The summed E-state index contributed by atoms with van der Waals surface area (Å²) in [5.74, 6) is 1.16. The van der Waals surface area contributed by atoms with E-state index in [0.29, 0.717) is 11.8 Å². The van der Waals surface area contributed by atoms with E-state index in [0.717, 1.165) is 25.7 Å². The average Bonchev–Trinajstić information content (AvgIpc) is 2.95. The number of carbonyl (C=O) groups excluding carboxylic acids is 1. The predicted octanol–water partition coefficient (Wildman–Crippen LogP) is 4.30. The van der Waals surface area contributed by atoms with Crippen molar-refractivity contribution < 1.29 is 4.79 Å². The normalized spacial score (nSPS) is 17.7. The fourth-order valence-corrected chi connectivity index (χ4v) is 3.78. The van der Waals surface area contributed by atoms with Crippen LogP contribution in [0.1, 0.15) is 58.9 Å². The Bertz CT molecular complexity index is 450.